The van der Waals surface area contributed by atoms with Crippen molar-refractivity contribution in [2.75, 3.05) is 53.4 Å². The Labute approximate surface area is 148 Å². The topological polar surface area (TPSA) is 60.0 Å². The van der Waals surface area contributed by atoms with E-state index in [1.165, 1.54) is 19.4 Å². The van der Waals surface area contributed by atoms with Gasteiger partial charge in [-0.2, -0.15) is 0 Å². The van der Waals surface area contributed by atoms with Crippen LogP contribution in [0.25, 0.3) is 0 Å². The van der Waals surface area contributed by atoms with Crippen molar-refractivity contribution in [3.63, 3.8) is 0 Å². The first kappa shape index (κ1) is 20.7. The first-order valence-electron chi connectivity index (χ1n) is 9.53. The van der Waals surface area contributed by atoms with Crippen LogP contribution in [-0.4, -0.2) is 75.0 Å². The Hall–Kier alpha value is -1.30. The quantitative estimate of drug-likeness (QED) is 0.380. The van der Waals surface area contributed by atoms with Crippen LogP contribution in [0.2, 0.25) is 0 Å². The number of nitrogens with one attached hydrogen (secondary N) is 2. The minimum atomic E-state index is 0.157. The molecule has 0 aromatic rings. The first-order chi connectivity index (χ1) is 11.6. The fraction of sp³-hybridized carbons (Fsp3) is 0.889. The zero-order valence-electron chi connectivity index (χ0n) is 16.1. The lowest BCUT2D eigenvalue weighted by Crippen LogP contribution is -2.46. The Balaban J connectivity index is 2.22. The fourth-order valence-corrected chi connectivity index (χ4v) is 3.25. The molecular weight excluding hydrogens is 302 g/mol. The van der Waals surface area contributed by atoms with E-state index in [9.17, 15) is 4.79 Å². The van der Waals surface area contributed by atoms with Gasteiger partial charge in [0.1, 0.15) is 0 Å². The van der Waals surface area contributed by atoms with E-state index in [0.29, 0.717) is 12.3 Å². The van der Waals surface area contributed by atoms with Gasteiger partial charge in [-0.25, -0.2) is 0 Å². The van der Waals surface area contributed by atoms with E-state index >= 15 is 0 Å². The van der Waals surface area contributed by atoms with Crippen molar-refractivity contribution in [2.24, 2.45) is 10.9 Å². The van der Waals surface area contributed by atoms with Crippen LogP contribution in [0.15, 0.2) is 4.99 Å². The maximum Gasteiger partial charge on any atom is 0.220 e. The van der Waals surface area contributed by atoms with Gasteiger partial charge in [0.2, 0.25) is 5.91 Å². The van der Waals surface area contributed by atoms with Gasteiger partial charge in [-0.3, -0.25) is 9.79 Å². The van der Waals surface area contributed by atoms with Crippen molar-refractivity contribution in [1.82, 2.24) is 20.4 Å². The van der Waals surface area contributed by atoms with Crippen LogP contribution in [0.5, 0.6) is 0 Å². The zero-order chi connectivity index (χ0) is 17.8. The number of piperidine rings is 1. The number of hydrogen-bond acceptors (Lipinski definition) is 3. The normalized spacial score (nSPS) is 16.5. The number of likely N-dealkylation sites (tertiary alicyclic amines) is 1. The fourth-order valence-electron chi connectivity index (χ4n) is 3.25. The summed E-state index contributed by atoms with van der Waals surface area (Å²) in [4.78, 5) is 20.7. The number of aliphatic imine (C=N–C) groups is 1. The van der Waals surface area contributed by atoms with E-state index in [1.54, 1.807) is 7.05 Å². The van der Waals surface area contributed by atoms with Crippen molar-refractivity contribution in [3.05, 3.63) is 0 Å². The lowest BCUT2D eigenvalue weighted by molar-refractivity contribution is -0.121. The van der Waals surface area contributed by atoms with Crippen LogP contribution in [0.1, 0.15) is 46.0 Å². The molecule has 0 spiro atoms. The van der Waals surface area contributed by atoms with Crippen LogP contribution >= 0.6 is 0 Å². The molecular formula is C18H37N5O. The van der Waals surface area contributed by atoms with Crippen molar-refractivity contribution in [1.29, 1.82) is 0 Å². The SMILES string of the molecule is CCN(CC)CCCCNC(=NC)N1CCC(CC(=O)NC)CC1. The molecule has 1 saturated heterocycles. The molecule has 0 unspecified atom stereocenters. The molecule has 24 heavy (non-hydrogen) atoms. The highest BCUT2D eigenvalue weighted by molar-refractivity contribution is 5.80. The van der Waals surface area contributed by atoms with Crippen LogP contribution < -0.4 is 10.6 Å². The number of amides is 1. The predicted molar refractivity (Wildman–Crippen MR) is 101 cm³/mol. The first-order valence-corrected chi connectivity index (χ1v) is 9.53. The molecule has 0 aromatic heterocycles. The molecule has 1 heterocycles. The summed E-state index contributed by atoms with van der Waals surface area (Å²) in [6.07, 6.45) is 5.18. The smallest absolute Gasteiger partial charge is 0.220 e. The summed E-state index contributed by atoms with van der Waals surface area (Å²) < 4.78 is 0. The molecule has 1 fully saturated rings. The average molecular weight is 340 g/mol. The van der Waals surface area contributed by atoms with Crippen molar-refractivity contribution in [2.45, 2.75) is 46.0 Å². The minimum Gasteiger partial charge on any atom is -0.359 e. The molecule has 0 aliphatic carbocycles. The van der Waals surface area contributed by atoms with E-state index in [1.807, 2.05) is 7.05 Å². The van der Waals surface area contributed by atoms with Crippen molar-refractivity contribution < 1.29 is 4.79 Å². The number of guanidine groups is 1. The van der Waals surface area contributed by atoms with Crippen molar-refractivity contribution >= 4 is 11.9 Å². The van der Waals surface area contributed by atoms with Gasteiger partial charge in [-0.1, -0.05) is 13.8 Å². The number of nitrogens with zero attached hydrogens (tertiary/aromatic N) is 3. The molecule has 0 saturated carbocycles. The average Bonchev–Trinajstić information content (AvgIpc) is 2.62. The highest BCUT2D eigenvalue weighted by Gasteiger charge is 2.22. The maximum atomic E-state index is 11.5. The molecule has 1 rings (SSSR count). The van der Waals surface area contributed by atoms with E-state index in [4.69, 9.17) is 0 Å². The summed E-state index contributed by atoms with van der Waals surface area (Å²) in [5, 5.41) is 6.22. The lowest BCUT2D eigenvalue weighted by Gasteiger charge is -2.34. The summed E-state index contributed by atoms with van der Waals surface area (Å²) >= 11 is 0. The van der Waals surface area contributed by atoms with Crippen molar-refractivity contribution in [3.8, 4) is 0 Å². The summed E-state index contributed by atoms with van der Waals surface area (Å²) in [6, 6.07) is 0. The monoisotopic (exact) mass is 339 g/mol. The second kappa shape index (κ2) is 12.1. The molecule has 0 radical (unpaired) electrons. The number of unbranched alkanes of at least 4 members (excludes halogenated alkanes) is 1. The molecule has 6 heteroatoms. The van der Waals surface area contributed by atoms with Gasteiger partial charge < -0.3 is 20.4 Å². The van der Waals surface area contributed by atoms with E-state index in [2.05, 4.69) is 39.3 Å². The van der Waals surface area contributed by atoms with Gasteiger partial charge in [-0.15, -0.1) is 0 Å². The molecule has 0 bridgehead atoms. The summed E-state index contributed by atoms with van der Waals surface area (Å²) in [6.45, 7) is 10.8. The van der Waals surface area contributed by atoms with E-state index in [-0.39, 0.29) is 5.91 Å². The minimum absolute atomic E-state index is 0.157. The molecule has 140 valence electrons. The third kappa shape index (κ3) is 7.51. The standard InChI is InChI=1S/C18H37N5O/c1-5-22(6-2)12-8-7-11-21-18(20-4)23-13-9-16(10-14-23)15-17(24)19-3/h16H,5-15H2,1-4H3,(H,19,24)(H,20,21). The number of carbonyl (C=O) groups is 1. The molecule has 1 aliphatic heterocycles. The third-order valence-electron chi connectivity index (χ3n) is 4.96. The molecule has 1 aliphatic rings. The second-order valence-corrected chi connectivity index (χ2v) is 6.52. The van der Waals surface area contributed by atoms with E-state index in [0.717, 1.165) is 51.5 Å². The molecule has 1 amide bonds. The van der Waals surface area contributed by atoms with Gasteiger partial charge in [-0.05, 0) is 51.2 Å². The van der Waals surface area contributed by atoms with Gasteiger partial charge in [0, 0.05) is 40.2 Å². The third-order valence-corrected chi connectivity index (χ3v) is 4.96. The zero-order valence-corrected chi connectivity index (χ0v) is 16.1. The Bertz CT molecular complexity index is 374. The Morgan fingerprint density at radius 2 is 1.88 bits per heavy atom. The predicted octanol–water partition coefficient (Wildman–Crippen LogP) is 1.53. The number of rotatable bonds is 9. The molecule has 6 nitrogen and oxygen atoms in total. The van der Waals surface area contributed by atoms with Crippen LogP contribution in [-0.2, 0) is 4.79 Å². The maximum absolute atomic E-state index is 11.5. The van der Waals surface area contributed by atoms with Gasteiger partial charge in [0.25, 0.3) is 0 Å². The van der Waals surface area contributed by atoms with Crippen LogP contribution in [0, 0.1) is 5.92 Å². The molecule has 2 N–H and O–H groups in total. The Kier molecular flexibility index (Phi) is 10.5. The summed E-state index contributed by atoms with van der Waals surface area (Å²) in [5.74, 6) is 1.67. The highest BCUT2D eigenvalue weighted by Crippen LogP contribution is 2.20. The van der Waals surface area contributed by atoms with Gasteiger partial charge in [0.15, 0.2) is 5.96 Å². The van der Waals surface area contributed by atoms with E-state index < -0.39 is 0 Å². The van der Waals surface area contributed by atoms with Crippen LogP contribution in [0.4, 0.5) is 0 Å². The van der Waals surface area contributed by atoms with Gasteiger partial charge >= 0.3 is 0 Å². The van der Waals surface area contributed by atoms with Gasteiger partial charge in [0.05, 0.1) is 0 Å². The largest absolute Gasteiger partial charge is 0.359 e. The molecule has 0 atom stereocenters. The lowest BCUT2D eigenvalue weighted by atomic mass is 9.93. The Morgan fingerprint density at radius 3 is 2.42 bits per heavy atom. The number of carbonyl (C=O) groups excluding carboxylic acids is 1. The highest BCUT2D eigenvalue weighted by atomic mass is 16.1. The molecule has 0 aromatic carbocycles. The number of hydrogen-bond donors (Lipinski definition) is 2. The Morgan fingerprint density at radius 1 is 1.21 bits per heavy atom. The van der Waals surface area contributed by atoms with Crippen LogP contribution in [0.3, 0.4) is 0 Å². The summed E-state index contributed by atoms with van der Waals surface area (Å²) in [5.41, 5.74) is 0. The second-order valence-electron chi connectivity index (χ2n) is 6.52. The summed E-state index contributed by atoms with van der Waals surface area (Å²) in [7, 11) is 3.57.